The van der Waals surface area contributed by atoms with Crippen molar-refractivity contribution in [2.75, 3.05) is 19.0 Å². The SMILES string of the molecule is COc1ccc(NC(=O)COC(=O)c2ccc(Cl)cc2F)cc1Cl. The molecule has 0 saturated carbocycles. The molecule has 0 unspecified atom stereocenters. The summed E-state index contributed by atoms with van der Waals surface area (Å²) in [5, 5.41) is 2.96. The molecule has 1 N–H and O–H groups in total. The topological polar surface area (TPSA) is 64.6 Å². The third-order valence-corrected chi connectivity index (χ3v) is 3.45. The van der Waals surface area contributed by atoms with Crippen molar-refractivity contribution >= 4 is 40.8 Å². The maximum Gasteiger partial charge on any atom is 0.341 e. The van der Waals surface area contributed by atoms with Crippen molar-refractivity contribution in [1.82, 2.24) is 0 Å². The van der Waals surface area contributed by atoms with E-state index in [0.29, 0.717) is 16.5 Å². The zero-order valence-electron chi connectivity index (χ0n) is 12.4. The number of ether oxygens (including phenoxy) is 2. The summed E-state index contributed by atoms with van der Waals surface area (Å²) in [5.74, 6) is -1.93. The van der Waals surface area contributed by atoms with Gasteiger partial charge >= 0.3 is 5.97 Å². The van der Waals surface area contributed by atoms with Crippen LogP contribution >= 0.6 is 23.2 Å². The number of hydrogen-bond donors (Lipinski definition) is 1. The molecule has 2 aromatic carbocycles. The maximum absolute atomic E-state index is 13.6. The van der Waals surface area contributed by atoms with Crippen LogP contribution in [0.2, 0.25) is 10.0 Å². The second kappa shape index (κ2) is 7.99. The lowest BCUT2D eigenvalue weighted by Crippen LogP contribution is -2.21. The number of amides is 1. The fourth-order valence-electron chi connectivity index (χ4n) is 1.81. The first kappa shape index (κ1) is 18.0. The molecule has 0 radical (unpaired) electrons. The smallest absolute Gasteiger partial charge is 0.341 e. The average Bonchev–Trinajstić information content (AvgIpc) is 2.53. The van der Waals surface area contributed by atoms with E-state index in [0.717, 1.165) is 6.07 Å². The van der Waals surface area contributed by atoms with Crippen LogP contribution in [0.25, 0.3) is 0 Å². The molecule has 0 aromatic heterocycles. The lowest BCUT2D eigenvalue weighted by molar-refractivity contribution is -0.119. The Bertz CT molecular complexity index is 783. The van der Waals surface area contributed by atoms with Gasteiger partial charge in [0.1, 0.15) is 11.6 Å². The van der Waals surface area contributed by atoms with E-state index in [1.54, 1.807) is 12.1 Å². The van der Waals surface area contributed by atoms with Crippen molar-refractivity contribution in [3.8, 4) is 5.75 Å². The van der Waals surface area contributed by atoms with Crippen molar-refractivity contribution in [3.63, 3.8) is 0 Å². The molecule has 0 fully saturated rings. The molecule has 126 valence electrons. The summed E-state index contributed by atoms with van der Waals surface area (Å²) in [6.07, 6.45) is 0. The molecule has 24 heavy (non-hydrogen) atoms. The third kappa shape index (κ3) is 4.59. The van der Waals surface area contributed by atoms with Crippen LogP contribution in [0.4, 0.5) is 10.1 Å². The Hall–Kier alpha value is -2.31. The highest BCUT2D eigenvalue weighted by Crippen LogP contribution is 2.27. The highest BCUT2D eigenvalue weighted by Gasteiger charge is 2.15. The van der Waals surface area contributed by atoms with Crippen LogP contribution in [0.15, 0.2) is 36.4 Å². The monoisotopic (exact) mass is 371 g/mol. The molecule has 0 saturated heterocycles. The van der Waals surface area contributed by atoms with Gasteiger partial charge in [-0.2, -0.15) is 0 Å². The Kier molecular flexibility index (Phi) is 6.00. The Balaban J connectivity index is 1.93. The van der Waals surface area contributed by atoms with E-state index in [2.05, 4.69) is 5.32 Å². The van der Waals surface area contributed by atoms with Crippen molar-refractivity contribution < 1.29 is 23.5 Å². The maximum atomic E-state index is 13.6. The Morgan fingerprint density at radius 3 is 2.54 bits per heavy atom. The molecule has 2 rings (SSSR count). The number of halogens is 3. The van der Waals surface area contributed by atoms with Crippen LogP contribution in [0, 0.1) is 5.82 Å². The van der Waals surface area contributed by atoms with Gasteiger partial charge in [0.15, 0.2) is 6.61 Å². The predicted molar refractivity (Wildman–Crippen MR) is 88.3 cm³/mol. The van der Waals surface area contributed by atoms with E-state index < -0.39 is 24.3 Å². The van der Waals surface area contributed by atoms with Gasteiger partial charge in [0.25, 0.3) is 5.91 Å². The number of hydrogen-bond acceptors (Lipinski definition) is 4. The molecule has 0 aliphatic carbocycles. The predicted octanol–water partition coefficient (Wildman–Crippen LogP) is 3.94. The van der Waals surface area contributed by atoms with Crippen molar-refractivity contribution in [2.24, 2.45) is 0 Å². The van der Waals surface area contributed by atoms with Gasteiger partial charge in [-0.05, 0) is 36.4 Å². The quantitative estimate of drug-likeness (QED) is 0.808. The Morgan fingerprint density at radius 1 is 1.17 bits per heavy atom. The van der Waals surface area contributed by atoms with Crippen LogP contribution in [0.5, 0.6) is 5.75 Å². The normalized spacial score (nSPS) is 10.2. The van der Waals surface area contributed by atoms with Gasteiger partial charge in [-0.15, -0.1) is 0 Å². The highest BCUT2D eigenvalue weighted by atomic mass is 35.5. The van der Waals surface area contributed by atoms with E-state index >= 15 is 0 Å². The highest BCUT2D eigenvalue weighted by molar-refractivity contribution is 6.32. The van der Waals surface area contributed by atoms with Crippen LogP contribution in [0.1, 0.15) is 10.4 Å². The lowest BCUT2D eigenvalue weighted by Gasteiger charge is -2.09. The zero-order chi connectivity index (χ0) is 17.7. The van der Waals surface area contributed by atoms with Gasteiger partial charge in [-0.3, -0.25) is 4.79 Å². The largest absolute Gasteiger partial charge is 0.495 e. The second-order valence-corrected chi connectivity index (χ2v) is 5.44. The molecular weight excluding hydrogens is 360 g/mol. The van der Waals surface area contributed by atoms with Gasteiger partial charge in [0.2, 0.25) is 0 Å². The number of nitrogens with one attached hydrogen (secondary N) is 1. The van der Waals surface area contributed by atoms with E-state index in [-0.39, 0.29) is 10.6 Å². The summed E-state index contributed by atoms with van der Waals surface area (Å²) in [6.45, 7) is -0.579. The summed E-state index contributed by atoms with van der Waals surface area (Å²) >= 11 is 11.5. The molecule has 1 amide bonds. The number of benzene rings is 2. The molecule has 0 aliphatic rings. The fourth-order valence-corrected chi connectivity index (χ4v) is 2.22. The van der Waals surface area contributed by atoms with E-state index in [1.165, 1.54) is 25.3 Å². The number of carbonyl (C=O) groups is 2. The summed E-state index contributed by atoms with van der Waals surface area (Å²) in [4.78, 5) is 23.5. The molecule has 0 spiro atoms. The third-order valence-electron chi connectivity index (χ3n) is 2.92. The minimum absolute atomic E-state index is 0.151. The Morgan fingerprint density at radius 2 is 1.92 bits per heavy atom. The zero-order valence-corrected chi connectivity index (χ0v) is 13.9. The van der Waals surface area contributed by atoms with Crippen LogP contribution < -0.4 is 10.1 Å². The molecule has 0 heterocycles. The van der Waals surface area contributed by atoms with Gasteiger partial charge in [-0.1, -0.05) is 23.2 Å². The number of carbonyl (C=O) groups excluding carboxylic acids is 2. The first-order valence-electron chi connectivity index (χ1n) is 6.66. The molecule has 5 nitrogen and oxygen atoms in total. The number of methoxy groups -OCH3 is 1. The van der Waals surface area contributed by atoms with E-state index in [9.17, 15) is 14.0 Å². The summed E-state index contributed by atoms with van der Waals surface area (Å²) in [5.41, 5.74) is 0.0965. The number of esters is 1. The van der Waals surface area contributed by atoms with E-state index in [4.69, 9.17) is 32.7 Å². The number of rotatable bonds is 5. The molecular formula is C16H12Cl2FNO4. The molecule has 8 heteroatoms. The minimum Gasteiger partial charge on any atom is -0.495 e. The Labute approximate surface area is 147 Å². The summed E-state index contributed by atoms with van der Waals surface area (Å²) in [6, 6.07) is 8.15. The summed E-state index contributed by atoms with van der Waals surface area (Å²) in [7, 11) is 1.47. The lowest BCUT2D eigenvalue weighted by atomic mass is 10.2. The van der Waals surface area contributed by atoms with Crippen LogP contribution in [0.3, 0.4) is 0 Å². The first-order chi connectivity index (χ1) is 11.4. The summed E-state index contributed by atoms with van der Waals surface area (Å²) < 4.78 is 23.3. The standard InChI is InChI=1S/C16H12Cl2FNO4/c1-23-14-5-3-10(7-12(14)18)20-15(21)8-24-16(22)11-4-2-9(17)6-13(11)19/h2-7H,8H2,1H3,(H,20,21). The van der Waals surface area contributed by atoms with Gasteiger partial charge in [-0.25, -0.2) is 9.18 Å². The van der Waals surface area contributed by atoms with Crippen molar-refractivity contribution in [2.45, 2.75) is 0 Å². The fraction of sp³-hybridized carbons (Fsp3) is 0.125. The van der Waals surface area contributed by atoms with Gasteiger partial charge < -0.3 is 14.8 Å². The minimum atomic E-state index is -0.966. The van der Waals surface area contributed by atoms with Crippen LogP contribution in [-0.2, 0) is 9.53 Å². The first-order valence-corrected chi connectivity index (χ1v) is 7.42. The molecule has 2 aromatic rings. The van der Waals surface area contributed by atoms with Gasteiger partial charge in [0.05, 0.1) is 17.7 Å². The second-order valence-electron chi connectivity index (χ2n) is 4.60. The number of anilines is 1. The van der Waals surface area contributed by atoms with E-state index in [1.807, 2.05) is 0 Å². The van der Waals surface area contributed by atoms with Crippen molar-refractivity contribution in [1.29, 1.82) is 0 Å². The van der Waals surface area contributed by atoms with Crippen LogP contribution in [-0.4, -0.2) is 25.6 Å². The van der Waals surface area contributed by atoms with Crippen molar-refractivity contribution in [3.05, 3.63) is 57.8 Å². The average molecular weight is 372 g/mol. The molecule has 0 aliphatic heterocycles. The molecule has 0 bridgehead atoms. The molecule has 0 atom stereocenters. The van der Waals surface area contributed by atoms with Gasteiger partial charge in [0, 0.05) is 10.7 Å².